The van der Waals surface area contributed by atoms with Gasteiger partial charge < -0.3 is 14.4 Å². The number of aryl methyl sites for hydroxylation is 1. The van der Waals surface area contributed by atoms with Crippen LogP contribution in [0, 0.1) is 5.92 Å². The molecule has 110 valence electrons. The summed E-state index contributed by atoms with van der Waals surface area (Å²) < 4.78 is 12.5. The molecule has 3 rings (SSSR count). The van der Waals surface area contributed by atoms with Crippen LogP contribution in [0.15, 0.2) is 0 Å². The molecule has 0 aliphatic carbocycles. The van der Waals surface area contributed by atoms with Crippen LogP contribution in [0.2, 0.25) is 0 Å². The molecule has 0 saturated carbocycles. The number of ether oxygens (including phenoxy) is 2. The molecule has 20 heavy (non-hydrogen) atoms. The number of fused-ring (bicyclic) bond motifs is 1. The quantitative estimate of drug-likeness (QED) is 0.801. The number of nitrogens with zero attached hydrogens (tertiary/aromatic N) is 3. The first-order valence-electron chi connectivity index (χ1n) is 7.16. The lowest BCUT2D eigenvalue weighted by Crippen LogP contribution is -2.36. The van der Waals surface area contributed by atoms with E-state index in [0.717, 1.165) is 37.1 Å². The molecule has 0 radical (unpaired) electrons. The van der Waals surface area contributed by atoms with Crippen molar-refractivity contribution in [3.8, 4) is 5.88 Å². The van der Waals surface area contributed by atoms with Gasteiger partial charge in [0.05, 0.1) is 31.9 Å². The number of carbonyl (C=O) groups is 1. The van der Waals surface area contributed by atoms with E-state index in [1.54, 1.807) is 7.11 Å². The maximum atomic E-state index is 12.5. The molecule has 1 aromatic heterocycles. The predicted molar refractivity (Wildman–Crippen MR) is 72.4 cm³/mol. The highest BCUT2D eigenvalue weighted by atomic mass is 16.5. The average molecular weight is 279 g/mol. The third-order valence-corrected chi connectivity index (χ3v) is 4.22. The summed E-state index contributed by atoms with van der Waals surface area (Å²) in [4.78, 5) is 14.5. The molecule has 0 aromatic carbocycles. The zero-order valence-electron chi connectivity index (χ0n) is 12.1. The lowest BCUT2D eigenvalue weighted by molar-refractivity contribution is -0.136. The van der Waals surface area contributed by atoms with Gasteiger partial charge in [-0.3, -0.25) is 9.48 Å². The summed E-state index contributed by atoms with van der Waals surface area (Å²) in [6.07, 6.45) is 2.71. The van der Waals surface area contributed by atoms with E-state index in [1.807, 2.05) is 16.6 Å². The second kappa shape index (κ2) is 5.44. The third kappa shape index (κ3) is 2.28. The largest absolute Gasteiger partial charge is 0.480 e. The van der Waals surface area contributed by atoms with Gasteiger partial charge in [-0.05, 0) is 19.3 Å². The van der Waals surface area contributed by atoms with Gasteiger partial charge in [0.25, 0.3) is 0 Å². The Morgan fingerprint density at radius 3 is 3.05 bits per heavy atom. The van der Waals surface area contributed by atoms with Crippen LogP contribution in [0.4, 0.5) is 0 Å². The molecule has 2 aliphatic rings. The minimum Gasteiger partial charge on any atom is -0.480 e. The zero-order valence-corrected chi connectivity index (χ0v) is 12.1. The topological polar surface area (TPSA) is 56.6 Å². The monoisotopic (exact) mass is 279 g/mol. The number of methoxy groups -OCH3 is 1. The molecule has 1 amide bonds. The smallest absolute Gasteiger partial charge is 0.236 e. The van der Waals surface area contributed by atoms with Gasteiger partial charge >= 0.3 is 0 Å². The third-order valence-electron chi connectivity index (χ3n) is 4.22. The van der Waals surface area contributed by atoms with Crippen molar-refractivity contribution in [1.29, 1.82) is 0 Å². The predicted octanol–water partition coefficient (Wildman–Crippen LogP) is 0.740. The van der Waals surface area contributed by atoms with Crippen molar-refractivity contribution < 1.29 is 14.3 Å². The van der Waals surface area contributed by atoms with E-state index in [9.17, 15) is 4.79 Å². The Labute approximate surface area is 118 Å². The number of hydrogen-bond acceptors (Lipinski definition) is 4. The molecule has 6 heteroatoms. The highest BCUT2D eigenvalue weighted by Crippen LogP contribution is 2.28. The van der Waals surface area contributed by atoms with Gasteiger partial charge in [0, 0.05) is 25.8 Å². The summed E-state index contributed by atoms with van der Waals surface area (Å²) in [6.45, 7) is 2.69. The molecule has 1 atom stereocenters. The van der Waals surface area contributed by atoms with Crippen LogP contribution in [0.1, 0.15) is 24.1 Å². The first kappa shape index (κ1) is 13.4. The van der Waals surface area contributed by atoms with Crippen molar-refractivity contribution in [3.05, 3.63) is 11.3 Å². The molecule has 0 spiro atoms. The standard InChI is InChI=1S/C14H21N3O3/c1-16-12-8-17(14(18)10-5-7-20-9-10)6-3-4-11(12)13(15-16)19-2/h10H,3-9H2,1-2H3. The van der Waals surface area contributed by atoms with Crippen LogP contribution < -0.4 is 4.74 Å². The Kier molecular flexibility index (Phi) is 3.65. The van der Waals surface area contributed by atoms with Gasteiger partial charge in [0.1, 0.15) is 0 Å². The highest BCUT2D eigenvalue weighted by Gasteiger charge is 2.31. The number of hydrogen-bond donors (Lipinski definition) is 0. The summed E-state index contributed by atoms with van der Waals surface area (Å²) in [6, 6.07) is 0. The second-order valence-corrected chi connectivity index (χ2v) is 5.48. The van der Waals surface area contributed by atoms with Gasteiger partial charge in [0.15, 0.2) is 0 Å². The maximum absolute atomic E-state index is 12.5. The molecular weight excluding hydrogens is 258 g/mol. The number of amides is 1. The van der Waals surface area contributed by atoms with Crippen molar-refractivity contribution >= 4 is 5.91 Å². The van der Waals surface area contributed by atoms with E-state index in [1.165, 1.54) is 0 Å². The fourth-order valence-corrected chi connectivity index (χ4v) is 3.07. The van der Waals surface area contributed by atoms with Gasteiger partial charge in [-0.2, -0.15) is 0 Å². The molecule has 0 bridgehead atoms. The van der Waals surface area contributed by atoms with E-state index in [-0.39, 0.29) is 11.8 Å². The van der Waals surface area contributed by atoms with Gasteiger partial charge in [-0.1, -0.05) is 0 Å². The molecule has 3 heterocycles. The van der Waals surface area contributed by atoms with Crippen LogP contribution in [0.3, 0.4) is 0 Å². The second-order valence-electron chi connectivity index (χ2n) is 5.48. The van der Waals surface area contributed by atoms with E-state index < -0.39 is 0 Å². The number of rotatable bonds is 2. The van der Waals surface area contributed by atoms with Crippen LogP contribution in [0.5, 0.6) is 5.88 Å². The zero-order chi connectivity index (χ0) is 14.1. The number of carbonyl (C=O) groups excluding carboxylic acids is 1. The SMILES string of the molecule is COc1nn(C)c2c1CCCN(C(=O)C1CCOC1)C2. The highest BCUT2D eigenvalue weighted by molar-refractivity contribution is 5.79. The molecular formula is C14H21N3O3. The first-order valence-corrected chi connectivity index (χ1v) is 7.16. The van der Waals surface area contributed by atoms with Gasteiger partial charge in [0.2, 0.25) is 11.8 Å². The fourth-order valence-electron chi connectivity index (χ4n) is 3.07. The summed E-state index contributed by atoms with van der Waals surface area (Å²) >= 11 is 0. The summed E-state index contributed by atoms with van der Waals surface area (Å²) in [5.41, 5.74) is 2.24. The van der Waals surface area contributed by atoms with Crippen molar-refractivity contribution in [2.45, 2.75) is 25.8 Å². The van der Waals surface area contributed by atoms with Crippen molar-refractivity contribution in [1.82, 2.24) is 14.7 Å². The average Bonchev–Trinajstić information content (AvgIpc) is 3.01. The summed E-state index contributed by atoms with van der Waals surface area (Å²) in [5.74, 6) is 0.947. The Balaban J connectivity index is 1.82. The van der Waals surface area contributed by atoms with E-state index in [4.69, 9.17) is 9.47 Å². The maximum Gasteiger partial charge on any atom is 0.236 e. The normalized spacial score (nSPS) is 22.5. The Morgan fingerprint density at radius 2 is 2.35 bits per heavy atom. The number of aromatic nitrogens is 2. The summed E-state index contributed by atoms with van der Waals surface area (Å²) in [7, 11) is 3.56. The molecule has 0 N–H and O–H groups in total. The molecule has 6 nitrogen and oxygen atoms in total. The van der Waals surface area contributed by atoms with E-state index in [2.05, 4.69) is 5.10 Å². The summed E-state index contributed by atoms with van der Waals surface area (Å²) in [5, 5.41) is 4.38. The first-order chi connectivity index (χ1) is 9.70. The van der Waals surface area contributed by atoms with Crippen molar-refractivity contribution in [3.63, 3.8) is 0 Å². The van der Waals surface area contributed by atoms with Gasteiger partial charge in [-0.25, -0.2) is 0 Å². The van der Waals surface area contributed by atoms with Crippen LogP contribution >= 0.6 is 0 Å². The van der Waals surface area contributed by atoms with E-state index >= 15 is 0 Å². The Bertz CT molecular complexity index is 506. The molecule has 1 saturated heterocycles. The Hall–Kier alpha value is -1.56. The molecule has 1 fully saturated rings. The molecule has 1 unspecified atom stereocenters. The van der Waals surface area contributed by atoms with Crippen molar-refractivity contribution in [2.24, 2.45) is 13.0 Å². The lowest BCUT2D eigenvalue weighted by atomic mass is 10.1. The lowest BCUT2D eigenvalue weighted by Gasteiger charge is -2.23. The fraction of sp³-hybridized carbons (Fsp3) is 0.714. The van der Waals surface area contributed by atoms with Crippen LogP contribution in [0.25, 0.3) is 0 Å². The van der Waals surface area contributed by atoms with Crippen LogP contribution in [-0.4, -0.2) is 47.5 Å². The van der Waals surface area contributed by atoms with Crippen molar-refractivity contribution in [2.75, 3.05) is 26.9 Å². The Morgan fingerprint density at radius 1 is 1.50 bits per heavy atom. The molecule has 2 aliphatic heterocycles. The van der Waals surface area contributed by atoms with E-state index in [0.29, 0.717) is 25.6 Å². The van der Waals surface area contributed by atoms with Gasteiger partial charge in [-0.15, -0.1) is 5.10 Å². The minimum absolute atomic E-state index is 0.0340. The minimum atomic E-state index is 0.0340. The van der Waals surface area contributed by atoms with Crippen LogP contribution in [-0.2, 0) is 29.5 Å². The molecule has 1 aromatic rings.